The predicted octanol–water partition coefficient (Wildman–Crippen LogP) is 3.90. The van der Waals surface area contributed by atoms with E-state index in [1.54, 1.807) is 4.90 Å². The van der Waals surface area contributed by atoms with Gasteiger partial charge in [-0.05, 0) is 67.5 Å². The number of anilines is 1. The molecule has 0 radical (unpaired) electrons. The van der Waals surface area contributed by atoms with E-state index >= 15 is 0 Å². The molecule has 2 fully saturated rings. The maximum Gasteiger partial charge on any atom is 0.321 e. The predicted molar refractivity (Wildman–Crippen MR) is 108 cm³/mol. The lowest BCUT2D eigenvalue weighted by molar-refractivity contribution is 0.0638. The number of rotatable bonds is 4. The molecule has 0 spiro atoms. The van der Waals surface area contributed by atoms with E-state index in [9.17, 15) is 9.59 Å². The minimum absolute atomic E-state index is 0.0718. The molecule has 0 aromatic heterocycles. The largest absolute Gasteiger partial charge is 0.336 e. The van der Waals surface area contributed by atoms with Crippen molar-refractivity contribution in [1.29, 1.82) is 0 Å². The molecule has 1 atom stereocenters. The Morgan fingerprint density at radius 2 is 1.82 bits per heavy atom. The Bertz CT molecular complexity index is 904. The zero-order valence-electron chi connectivity index (χ0n) is 15.9. The molecular weight excluding hydrogens is 350 g/mol. The van der Waals surface area contributed by atoms with Gasteiger partial charge in [0, 0.05) is 30.4 Å². The van der Waals surface area contributed by atoms with Gasteiger partial charge in [0.2, 0.25) is 0 Å². The topological polar surface area (TPSA) is 52.7 Å². The van der Waals surface area contributed by atoms with E-state index in [1.165, 1.54) is 11.1 Å². The van der Waals surface area contributed by atoms with Crippen LogP contribution in [0, 0.1) is 0 Å². The van der Waals surface area contributed by atoms with Crippen LogP contribution in [0.1, 0.15) is 53.2 Å². The fraction of sp³-hybridized carbons (Fsp3) is 0.391. The summed E-state index contributed by atoms with van der Waals surface area (Å²) >= 11 is 0. The summed E-state index contributed by atoms with van der Waals surface area (Å²) in [6.07, 6.45) is 5.45. The standard InChI is InChI=1S/C23H25N3O2/c27-22(17-8-10-18(11-9-17)25-15-14-24-23(25)28)26(19-12-13-19)21-7-3-5-16-4-1-2-6-20(16)21/h1-2,4,6,8-11,19,21H,3,5,7,12-15H2,(H,24,28). The normalized spacial score (nSPS) is 21.2. The van der Waals surface area contributed by atoms with E-state index in [0.717, 1.165) is 37.8 Å². The van der Waals surface area contributed by atoms with Gasteiger partial charge in [0.25, 0.3) is 5.91 Å². The van der Waals surface area contributed by atoms with Crippen molar-refractivity contribution in [2.24, 2.45) is 0 Å². The van der Waals surface area contributed by atoms with E-state index in [4.69, 9.17) is 0 Å². The van der Waals surface area contributed by atoms with Crippen LogP contribution in [0.5, 0.6) is 0 Å². The van der Waals surface area contributed by atoms with Gasteiger partial charge in [-0.25, -0.2) is 4.79 Å². The van der Waals surface area contributed by atoms with Crippen LogP contribution in [0.2, 0.25) is 0 Å². The molecule has 1 saturated carbocycles. The maximum absolute atomic E-state index is 13.5. The highest BCUT2D eigenvalue weighted by atomic mass is 16.2. The summed E-state index contributed by atoms with van der Waals surface area (Å²) in [5, 5.41) is 2.81. The Kier molecular flexibility index (Phi) is 4.30. The minimum Gasteiger partial charge on any atom is -0.336 e. The number of hydrogen-bond acceptors (Lipinski definition) is 2. The zero-order valence-corrected chi connectivity index (χ0v) is 15.9. The maximum atomic E-state index is 13.5. The van der Waals surface area contributed by atoms with Crippen molar-refractivity contribution in [3.8, 4) is 0 Å². The summed E-state index contributed by atoms with van der Waals surface area (Å²) in [5.41, 5.74) is 4.25. The molecule has 144 valence electrons. The van der Waals surface area contributed by atoms with Crippen LogP contribution in [0.3, 0.4) is 0 Å². The van der Waals surface area contributed by atoms with Crippen molar-refractivity contribution in [3.63, 3.8) is 0 Å². The van der Waals surface area contributed by atoms with Gasteiger partial charge < -0.3 is 10.2 Å². The molecule has 2 aromatic carbocycles. The zero-order chi connectivity index (χ0) is 19.1. The number of nitrogens with one attached hydrogen (secondary N) is 1. The lowest BCUT2D eigenvalue weighted by Gasteiger charge is -2.36. The molecule has 3 amide bonds. The Morgan fingerprint density at radius 3 is 2.54 bits per heavy atom. The fourth-order valence-corrected chi connectivity index (χ4v) is 4.58. The first-order valence-electron chi connectivity index (χ1n) is 10.3. The van der Waals surface area contributed by atoms with Crippen molar-refractivity contribution >= 4 is 17.6 Å². The molecule has 0 bridgehead atoms. The summed E-state index contributed by atoms with van der Waals surface area (Å²) < 4.78 is 0. The van der Waals surface area contributed by atoms with Crippen molar-refractivity contribution in [2.75, 3.05) is 18.0 Å². The number of fused-ring (bicyclic) bond motifs is 1. The van der Waals surface area contributed by atoms with Crippen LogP contribution in [0.4, 0.5) is 10.5 Å². The molecule has 1 aliphatic heterocycles. The monoisotopic (exact) mass is 375 g/mol. The van der Waals surface area contributed by atoms with Crippen LogP contribution in [0.15, 0.2) is 48.5 Å². The quantitative estimate of drug-likeness (QED) is 0.881. The number of aryl methyl sites for hydroxylation is 1. The molecule has 5 nitrogen and oxygen atoms in total. The first kappa shape index (κ1) is 17.3. The number of amides is 3. The lowest BCUT2D eigenvalue weighted by Crippen LogP contribution is -2.38. The third-order valence-corrected chi connectivity index (χ3v) is 6.13. The van der Waals surface area contributed by atoms with Gasteiger partial charge in [-0.1, -0.05) is 24.3 Å². The molecule has 1 unspecified atom stereocenters. The van der Waals surface area contributed by atoms with Gasteiger partial charge in [0.05, 0.1) is 6.04 Å². The Labute approximate surface area is 165 Å². The number of benzene rings is 2. The lowest BCUT2D eigenvalue weighted by atomic mass is 9.86. The smallest absolute Gasteiger partial charge is 0.321 e. The Morgan fingerprint density at radius 1 is 1.04 bits per heavy atom. The van der Waals surface area contributed by atoms with Crippen molar-refractivity contribution in [3.05, 3.63) is 65.2 Å². The van der Waals surface area contributed by atoms with Crippen molar-refractivity contribution < 1.29 is 9.59 Å². The first-order valence-corrected chi connectivity index (χ1v) is 10.3. The Balaban J connectivity index is 1.42. The van der Waals surface area contributed by atoms with Crippen LogP contribution in [0.25, 0.3) is 0 Å². The third-order valence-electron chi connectivity index (χ3n) is 6.13. The second-order valence-corrected chi connectivity index (χ2v) is 7.98. The molecule has 28 heavy (non-hydrogen) atoms. The number of carbonyl (C=O) groups excluding carboxylic acids is 2. The van der Waals surface area contributed by atoms with Gasteiger partial charge in [-0.3, -0.25) is 9.69 Å². The SMILES string of the molecule is O=C1NCCN1c1ccc(C(=O)N(C2CC2)C2CCCc3ccccc32)cc1. The van der Waals surface area contributed by atoms with Gasteiger partial charge >= 0.3 is 6.03 Å². The van der Waals surface area contributed by atoms with Crippen molar-refractivity contribution in [1.82, 2.24) is 10.2 Å². The fourth-order valence-electron chi connectivity index (χ4n) is 4.58. The second-order valence-electron chi connectivity index (χ2n) is 7.98. The van der Waals surface area contributed by atoms with E-state index in [1.807, 2.05) is 24.3 Å². The molecule has 1 heterocycles. The van der Waals surface area contributed by atoms with Crippen molar-refractivity contribution in [2.45, 2.75) is 44.2 Å². The van der Waals surface area contributed by atoms with Crippen LogP contribution < -0.4 is 10.2 Å². The highest BCUT2D eigenvalue weighted by molar-refractivity contribution is 5.97. The number of carbonyl (C=O) groups is 2. The van der Waals surface area contributed by atoms with Crippen LogP contribution in [-0.4, -0.2) is 36.0 Å². The van der Waals surface area contributed by atoms with Gasteiger partial charge in [0.15, 0.2) is 0 Å². The highest BCUT2D eigenvalue weighted by Crippen LogP contribution is 2.41. The molecule has 3 aliphatic rings. The van der Waals surface area contributed by atoms with E-state index in [0.29, 0.717) is 24.7 Å². The molecule has 5 rings (SSSR count). The van der Waals surface area contributed by atoms with Gasteiger partial charge in [-0.15, -0.1) is 0 Å². The number of nitrogens with zero attached hydrogens (tertiary/aromatic N) is 2. The van der Waals surface area contributed by atoms with Crippen LogP contribution in [-0.2, 0) is 6.42 Å². The average molecular weight is 375 g/mol. The summed E-state index contributed by atoms with van der Waals surface area (Å²) in [4.78, 5) is 29.2. The summed E-state index contributed by atoms with van der Waals surface area (Å²) in [6.45, 7) is 1.33. The highest BCUT2D eigenvalue weighted by Gasteiger charge is 2.39. The summed E-state index contributed by atoms with van der Waals surface area (Å²) in [5.74, 6) is 0.113. The third kappa shape index (κ3) is 3.05. The van der Waals surface area contributed by atoms with E-state index in [2.05, 4.69) is 34.5 Å². The molecule has 2 aromatic rings. The number of urea groups is 1. The van der Waals surface area contributed by atoms with Crippen LogP contribution >= 0.6 is 0 Å². The Hall–Kier alpha value is -2.82. The molecular formula is C23H25N3O2. The molecule has 2 aliphatic carbocycles. The molecule has 5 heteroatoms. The first-order chi connectivity index (χ1) is 13.7. The van der Waals surface area contributed by atoms with E-state index < -0.39 is 0 Å². The van der Waals surface area contributed by atoms with E-state index in [-0.39, 0.29) is 18.0 Å². The summed E-state index contributed by atoms with van der Waals surface area (Å²) in [6, 6.07) is 16.5. The average Bonchev–Trinajstić information content (AvgIpc) is 3.48. The minimum atomic E-state index is -0.0718. The second kappa shape index (κ2) is 6.97. The van der Waals surface area contributed by atoms with Gasteiger partial charge in [-0.2, -0.15) is 0 Å². The van der Waals surface area contributed by atoms with Gasteiger partial charge in [0.1, 0.15) is 0 Å². The molecule has 1 saturated heterocycles. The molecule has 1 N–H and O–H groups in total. The summed E-state index contributed by atoms with van der Waals surface area (Å²) in [7, 11) is 0. The number of hydrogen-bond donors (Lipinski definition) is 1.